The van der Waals surface area contributed by atoms with Crippen LogP contribution in [-0.4, -0.2) is 10.7 Å². The van der Waals surface area contributed by atoms with Crippen LogP contribution in [0.1, 0.15) is 17.3 Å². The van der Waals surface area contributed by atoms with Gasteiger partial charge in [0.25, 0.3) is 5.69 Å². The third kappa shape index (κ3) is 3.59. The van der Waals surface area contributed by atoms with Crippen molar-refractivity contribution in [2.24, 2.45) is 0 Å². The molecular formula is C14H9BrClNO4. The quantitative estimate of drug-likeness (QED) is 0.431. The fourth-order valence-electron chi connectivity index (χ4n) is 1.67. The van der Waals surface area contributed by atoms with Crippen molar-refractivity contribution in [3.63, 3.8) is 0 Å². The van der Waals surface area contributed by atoms with Crippen LogP contribution in [0.5, 0.6) is 11.5 Å². The summed E-state index contributed by atoms with van der Waals surface area (Å²) in [5.41, 5.74) is -0.0480. The molecule has 0 aliphatic rings. The van der Waals surface area contributed by atoms with Crippen LogP contribution in [0.2, 0.25) is 5.02 Å². The Morgan fingerprint density at radius 1 is 1.24 bits per heavy atom. The Hall–Kier alpha value is -1.92. The number of Topliss-reactive ketones (excluding diaryl/α,β-unsaturated/α-hetero) is 1. The van der Waals surface area contributed by atoms with Crippen LogP contribution < -0.4 is 4.74 Å². The molecule has 7 heteroatoms. The lowest BCUT2D eigenvalue weighted by atomic mass is 10.1. The van der Waals surface area contributed by atoms with Crippen molar-refractivity contribution in [2.45, 2.75) is 6.92 Å². The maximum atomic E-state index is 11.6. The van der Waals surface area contributed by atoms with E-state index in [0.29, 0.717) is 10.8 Å². The van der Waals surface area contributed by atoms with E-state index in [0.717, 1.165) is 4.47 Å². The number of ketones is 1. The molecule has 0 saturated heterocycles. The molecule has 0 aliphatic carbocycles. The molecule has 0 fully saturated rings. The molecule has 0 bridgehead atoms. The van der Waals surface area contributed by atoms with E-state index in [1.54, 1.807) is 18.2 Å². The third-order valence-electron chi connectivity index (χ3n) is 2.67. The van der Waals surface area contributed by atoms with Gasteiger partial charge in [-0.05, 0) is 31.2 Å². The SMILES string of the molecule is CC(=O)c1cc([N+](=O)[O-])ccc1Oc1cc(Br)ccc1Cl. The molecule has 0 radical (unpaired) electrons. The first-order valence-electron chi connectivity index (χ1n) is 5.81. The van der Waals surface area contributed by atoms with Crippen LogP contribution in [-0.2, 0) is 0 Å². The molecule has 0 N–H and O–H groups in total. The van der Waals surface area contributed by atoms with Gasteiger partial charge in [0.1, 0.15) is 11.5 Å². The van der Waals surface area contributed by atoms with Gasteiger partial charge in [0.15, 0.2) is 5.78 Å². The molecule has 2 aromatic carbocycles. The summed E-state index contributed by atoms with van der Waals surface area (Å²) >= 11 is 9.31. The summed E-state index contributed by atoms with van der Waals surface area (Å²) in [6.45, 7) is 1.31. The number of carbonyl (C=O) groups excluding carboxylic acids is 1. The van der Waals surface area contributed by atoms with Gasteiger partial charge in [0.05, 0.1) is 15.5 Å². The largest absolute Gasteiger partial charge is 0.455 e. The lowest BCUT2D eigenvalue weighted by molar-refractivity contribution is -0.384. The minimum atomic E-state index is -0.567. The Kier molecular flexibility index (Phi) is 4.59. The molecule has 0 aliphatic heterocycles. The van der Waals surface area contributed by atoms with Crippen molar-refractivity contribution in [1.82, 2.24) is 0 Å². The van der Waals surface area contributed by atoms with Crippen LogP contribution in [0.4, 0.5) is 5.69 Å². The zero-order valence-electron chi connectivity index (χ0n) is 10.8. The topological polar surface area (TPSA) is 69.4 Å². The fraction of sp³-hybridized carbons (Fsp3) is 0.0714. The van der Waals surface area contributed by atoms with Crippen LogP contribution in [0, 0.1) is 10.1 Å². The number of nitro benzene ring substituents is 1. The number of non-ortho nitro benzene ring substituents is 1. The minimum absolute atomic E-state index is 0.125. The number of halogens is 2. The molecule has 108 valence electrons. The highest BCUT2D eigenvalue weighted by Crippen LogP contribution is 2.34. The second kappa shape index (κ2) is 6.24. The standard InChI is InChI=1S/C14H9BrClNO4/c1-8(18)11-7-10(17(19)20)3-5-13(11)21-14-6-9(15)2-4-12(14)16/h2-7H,1H3. The predicted molar refractivity (Wildman–Crippen MR) is 82.3 cm³/mol. The number of benzene rings is 2. The van der Waals surface area contributed by atoms with Crippen LogP contribution >= 0.6 is 27.5 Å². The Morgan fingerprint density at radius 3 is 2.57 bits per heavy atom. The first-order chi connectivity index (χ1) is 9.88. The van der Waals surface area contributed by atoms with Gasteiger partial charge in [0, 0.05) is 16.6 Å². The van der Waals surface area contributed by atoms with Gasteiger partial charge in [0.2, 0.25) is 0 Å². The van der Waals surface area contributed by atoms with E-state index in [2.05, 4.69) is 15.9 Å². The van der Waals surface area contributed by atoms with E-state index < -0.39 is 4.92 Å². The highest BCUT2D eigenvalue weighted by atomic mass is 79.9. The number of hydrogen-bond acceptors (Lipinski definition) is 4. The molecule has 0 atom stereocenters. The second-order valence-corrected chi connectivity index (χ2v) is 5.49. The molecule has 5 nitrogen and oxygen atoms in total. The molecule has 2 aromatic rings. The molecular weight excluding hydrogens is 362 g/mol. The lowest BCUT2D eigenvalue weighted by Crippen LogP contribution is -1.99. The monoisotopic (exact) mass is 369 g/mol. The van der Waals surface area contributed by atoms with E-state index in [1.165, 1.54) is 25.1 Å². The molecule has 21 heavy (non-hydrogen) atoms. The molecule has 0 heterocycles. The van der Waals surface area contributed by atoms with Crippen molar-refractivity contribution >= 4 is 39.0 Å². The highest BCUT2D eigenvalue weighted by molar-refractivity contribution is 9.10. The van der Waals surface area contributed by atoms with Gasteiger partial charge in [-0.3, -0.25) is 14.9 Å². The first kappa shape index (κ1) is 15.5. The van der Waals surface area contributed by atoms with Crippen LogP contribution in [0.25, 0.3) is 0 Å². The van der Waals surface area contributed by atoms with Gasteiger partial charge in [-0.25, -0.2) is 0 Å². The Bertz CT molecular complexity index is 733. The predicted octanol–water partition coefficient (Wildman–Crippen LogP) is 5.01. The molecule has 0 spiro atoms. The maximum Gasteiger partial charge on any atom is 0.270 e. The summed E-state index contributed by atoms with van der Waals surface area (Å²) in [4.78, 5) is 21.8. The Labute approximate surface area is 133 Å². The van der Waals surface area contributed by atoms with Gasteiger partial charge in [-0.1, -0.05) is 27.5 Å². The number of nitrogens with zero attached hydrogens (tertiary/aromatic N) is 1. The number of carbonyl (C=O) groups is 1. The Balaban J connectivity index is 2.46. The van der Waals surface area contributed by atoms with Crippen molar-refractivity contribution in [3.05, 3.63) is 61.6 Å². The van der Waals surface area contributed by atoms with E-state index in [9.17, 15) is 14.9 Å². The fourth-order valence-corrected chi connectivity index (χ4v) is 2.17. The van der Waals surface area contributed by atoms with E-state index in [1.807, 2.05) is 0 Å². The summed E-state index contributed by atoms with van der Waals surface area (Å²) in [6.07, 6.45) is 0. The first-order valence-corrected chi connectivity index (χ1v) is 6.98. The summed E-state index contributed by atoms with van der Waals surface area (Å²) in [6, 6.07) is 8.87. The Morgan fingerprint density at radius 2 is 1.95 bits per heavy atom. The summed E-state index contributed by atoms with van der Waals surface area (Å²) in [5.74, 6) is 0.232. The van der Waals surface area contributed by atoms with Crippen molar-refractivity contribution in [2.75, 3.05) is 0 Å². The molecule has 2 rings (SSSR count). The average molecular weight is 371 g/mol. The van der Waals surface area contributed by atoms with Crippen LogP contribution in [0.15, 0.2) is 40.9 Å². The summed E-state index contributed by atoms with van der Waals surface area (Å²) in [7, 11) is 0. The lowest BCUT2D eigenvalue weighted by Gasteiger charge is -2.11. The van der Waals surface area contributed by atoms with Gasteiger partial charge >= 0.3 is 0 Å². The zero-order valence-corrected chi connectivity index (χ0v) is 13.1. The van der Waals surface area contributed by atoms with Crippen molar-refractivity contribution in [3.8, 4) is 11.5 Å². The number of ether oxygens (including phenoxy) is 1. The highest BCUT2D eigenvalue weighted by Gasteiger charge is 2.16. The molecule has 0 unspecified atom stereocenters. The summed E-state index contributed by atoms with van der Waals surface area (Å²) < 4.78 is 6.37. The molecule has 0 aromatic heterocycles. The van der Waals surface area contributed by atoms with Crippen molar-refractivity contribution < 1.29 is 14.5 Å². The third-order valence-corrected chi connectivity index (χ3v) is 3.47. The van der Waals surface area contributed by atoms with E-state index >= 15 is 0 Å². The van der Waals surface area contributed by atoms with E-state index in [4.69, 9.17) is 16.3 Å². The van der Waals surface area contributed by atoms with E-state index in [-0.39, 0.29) is 22.8 Å². The van der Waals surface area contributed by atoms with Gasteiger partial charge in [-0.2, -0.15) is 0 Å². The average Bonchev–Trinajstić information content (AvgIpc) is 2.42. The number of hydrogen-bond donors (Lipinski definition) is 0. The number of nitro groups is 1. The molecule has 0 amide bonds. The van der Waals surface area contributed by atoms with Crippen molar-refractivity contribution in [1.29, 1.82) is 0 Å². The minimum Gasteiger partial charge on any atom is -0.455 e. The normalized spacial score (nSPS) is 10.2. The van der Waals surface area contributed by atoms with Gasteiger partial charge < -0.3 is 4.74 Å². The molecule has 0 saturated carbocycles. The summed E-state index contributed by atoms with van der Waals surface area (Å²) in [5, 5.41) is 11.1. The van der Waals surface area contributed by atoms with Gasteiger partial charge in [-0.15, -0.1) is 0 Å². The maximum absolute atomic E-state index is 11.6. The second-order valence-electron chi connectivity index (χ2n) is 4.17. The number of rotatable bonds is 4. The van der Waals surface area contributed by atoms with Crippen LogP contribution in [0.3, 0.4) is 0 Å². The smallest absolute Gasteiger partial charge is 0.270 e. The zero-order chi connectivity index (χ0) is 15.6.